The number of anilines is 1. The van der Waals surface area contributed by atoms with E-state index in [1.165, 1.54) is 0 Å². The molecular weight excluding hydrogens is 310 g/mol. The molecule has 1 aromatic carbocycles. The monoisotopic (exact) mass is 329 g/mol. The minimum absolute atomic E-state index is 0.370. The summed E-state index contributed by atoms with van der Waals surface area (Å²) in [7, 11) is 4.15. The summed E-state index contributed by atoms with van der Waals surface area (Å²) in [6.45, 7) is 3.21. The van der Waals surface area contributed by atoms with Crippen molar-refractivity contribution < 1.29 is 0 Å². The molecule has 0 aliphatic carbocycles. The molecular formula is C13H20BrN3S. The SMILES string of the molecule is CC(CCN(C)C)Nc1cccc(Br)c1C(N)=S. The normalized spacial score (nSPS) is 12.5. The molecule has 5 heteroatoms. The summed E-state index contributed by atoms with van der Waals surface area (Å²) < 4.78 is 0.930. The molecule has 0 bridgehead atoms. The molecule has 0 aliphatic heterocycles. The van der Waals surface area contributed by atoms with Gasteiger partial charge in [0.15, 0.2) is 0 Å². The molecule has 0 aliphatic rings. The molecule has 3 N–H and O–H groups in total. The van der Waals surface area contributed by atoms with Gasteiger partial charge in [-0.2, -0.15) is 0 Å². The topological polar surface area (TPSA) is 41.3 Å². The van der Waals surface area contributed by atoms with E-state index >= 15 is 0 Å². The van der Waals surface area contributed by atoms with E-state index in [4.69, 9.17) is 18.0 Å². The van der Waals surface area contributed by atoms with Gasteiger partial charge in [-0.05, 0) is 62.0 Å². The molecule has 0 spiro atoms. The van der Waals surface area contributed by atoms with Crippen LogP contribution < -0.4 is 11.1 Å². The molecule has 1 unspecified atom stereocenters. The van der Waals surface area contributed by atoms with Crippen molar-refractivity contribution in [2.45, 2.75) is 19.4 Å². The highest BCUT2D eigenvalue weighted by Gasteiger charge is 2.11. The van der Waals surface area contributed by atoms with E-state index in [0.29, 0.717) is 11.0 Å². The van der Waals surface area contributed by atoms with Crippen LogP contribution in [0.4, 0.5) is 5.69 Å². The molecule has 18 heavy (non-hydrogen) atoms. The van der Waals surface area contributed by atoms with Gasteiger partial charge in [0, 0.05) is 21.8 Å². The highest BCUT2D eigenvalue weighted by molar-refractivity contribution is 9.10. The average Bonchev–Trinajstić information content (AvgIpc) is 2.26. The lowest BCUT2D eigenvalue weighted by molar-refractivity contribution is 0.390. The van der Waals surface area contributed by atoms with Gasteiger partial charge in [0.2, 0.25) is 0 Å². The third-order valence-electron chi connectivity index (χ3n) is 2.67. The zero-order chi connectivity index (χ0) is 13.7. The molecule has 1 atom stereocenters. The maximum Gasteiger partial charge on any atom is 0.107 e. The van der Waals surface area contributed by atoms with Crippen molar-refractivity contribution in [3.8, 4) is 0 Å². The van der Waals surface area contributed by atoms with Crippen LogP contribution in [0.25, 0.3) is 0 Å². The van der Waals surface area contributed by atoms with E-state index in [1.807, 2.05) is 18.2 Å². The smallest absolute Gasteiger partial charge is 0.107 e. The largest absolute Gasteiger partial charge is 0.389 e. The molecule has 0 saturated carbocycles. The first kappa shape index (κ1) is 15.4. The number of nitrogens with two attached hydrogens (primary N) is 1. The number of halogens is 1. The van der Waals surface area contributed by atoms with Crippen LogP contribution in [-0.4, -0.2) is 36.6 Å². The highest BCUT2D eigenvalue weighted by Crippen LogP contribution is 2.25. The van der Waals surface area contributed by atoms with E-state index < -0.39 is 0 Å². The minimum atomic E-state index is 0.370. The van der Waals surface area contributed by atoms with Gasteiger partial charge in [0.05, 0.1) is 0 Å². The van der Waals surface area contributed by atoms with Crippen LogP contribution in [0.5, 0.6) is 0 Å². The number of nitrogens with zero attached hydrogens (tertiary/aromatic N) is 1. The fourth-order valence-corrected chi connectivity index (χ4v) is 2.62. The lowest BCUT2D eigenvalue weighted by Gasteiger charge is -2.20. The Morgan fingerprint density at radius 1 is 1.50 bits per heavy atom. The van der Waals surface area contributed by atoms with Crippen LogP contribution in [0.1, 0.15) is 18.9 Å². The Hall–Kier alpha value is -0.650. The van der Waals surface area contributed by atoms with Crippen LogP contribution in [0, 0.1) is 0 Å². The molecule has 0 amide bonds. The number of hydrogen-bond acceptors (Lipinski definition) is 3. The zero-order valence-electron chi connectivity index (χ0n) is 11.0. The second-order valence-corrected chi connectivity index (χ2v) is 5.96. The maximum atomic E-state index is 5.77. The van der Waals surface area contributed by atoms with Crippen molar-refractivity contribution in [3.05, 3.63) is 28.2 Å². The van der Waals surface area contributed by atoms with E-state index in [0.717, 1.165) is 28.7 Å². The summed E-state index contributed by atoms with van der Waals surface area (Å²) in [5.74, 6) is 0. The lowest BCUT2D eigenvalue weighted by atomic mass is 10.1. The number of benzene rings is 1. The fraction of sp³-hybridized carbons (Fsp3) is 0.462. The summed E-state index contributed by atoms with van der Waals surface area (Å²) >= 11 is 8.58. The standard InChI is InChI=1S/C13H20BrN3S/c1-9(7-8-17(2)3)16-11-6-4-5-10(14)12(11)13(15)18/h4-6,9,16H,7-8H2,1-3H3,(H2,15,18). The Morgan fingerprint density at radius 3 is 2.72 bits per heavy atom. The van der Waals surface area contributed by atoms with E-state index in [2.05, 4.69) is 47.2 Å². The Morgan fingerprint density at radius 2 is 2.17 bits per heavy atom. The van der Waals surface area contributed by atoms with Crippen LogP contribution in [0.2, 0.25) is 0 Å². The van der Waals surface area contributed by atoms with Gasteiger partial charge in [0.25, 0.3) is 0 Å². The predicted molar refractivity (Wildman–Crippen MR) is 86.3 cm³/mol. The second-order valence-electron chi connectivity index (χ2n) is 4.66. The van der Waals surface area contributed by atoms with Crippen LogP contribution in [0.15, 0.2) is 22.7 Å². The summed E-state index contributed by atoms with van der Waals surface area (Å²) in [6, 6.07) is 6.30. The van der Waals surface area contributed by atoms with E-state index in [1.54, 1.807) is 0 Å². The predicted octanol–water partition coefficient (Wildman–Crippen LogP) is 2.84. The molecule has 0 saturated heterocycles. The molecule has 0 radical (unpaired) electrons. The van der Waals surface area contributed by atoms with Crippen molar-refractivity contribution in [2.75, 3.05) is 26.0 Å². The van der Waals surface area contributed by atoms with Gasteiger partial charge in [-0.15, -0.1) is 0 Å². The number of hydrogen-bond donors (Lipinski definition) is 2. The van der Waals surface area contributed by atoms with Gasteiger partial charge in [0.1, 0.15) is 4.99 Å². The Labute approximate surface area is 123 Å². The van der Waals surface area contributed by atoms with Gasteiger partial charge in [-0.25, -0.2) is 0 Å². The number of thiocarbonyl (C=S) groups is 1. The van der Waals surface area contributed by atoms with Crippen molar-refractivity contribution in [1.82, 2.24) is 4.90 Å². The lowest BCUT2D eigenvalue weighted by Crippen LogP contribution is -2.24. The molecule has 3 nitrogen and oxygen atoms in total. The zero-order valence-corrected chi connectivity index (χ0v) is 13.4. The first-order chi connectivity index (χ1) is 8.41. The Balaban J connectivity index is 2.78. The Bertz CT molecular complexity index is 421. The van der Waals surface area contributed by atoms with E-state index in [9.17, 15) is 0 Å². The fourth-order valence-electron chi connectivity index (χ4n) is 1.68. The third kappa shape index (κ3) is 4.55. The average molecular weight is 330 g/mol. The van der Waals surface area contributed by atoms with Crippen molar-refractivity contribution >= 4 is 38.8 Å². The highest BCUT2D eigenvalue weighted by atomic mass is 79.9. The first-order valence-electron chi connectivity index (χ1n) is 5.91. The van der Waals surface area contributed by atoms with Crippen LogP contribution >= 0.6 is 28.1 Å². The molecule has 0 fully saturated rings. The number of nitrogens with one attached hydrogen (secondary N) is 1. The summed E-state index contributed by atoms with van der Waals surface area (Å²) in [4.78, 5) is 2.58. The Kier molecular flexibility index (Phi) is 6.05. The van der Waals surface area contributed by atoms with Gasteiger partial charge >= 0.3 is 0 Å². The van der Waals surface area contributed by atoms with Gasteiger partial charge < -0.3 is 16.0 Å². The summed E-state index contributed by atoms with van der Waals surface area (Å²) in [5.41, 5.74) is 7.63. The maximum absolute atomic E-state index is 5.77. The summed E-state index contributed by atoms with van der Waals surface area (Å²) in [5, 5.41) is 3.46. The van der Waals surface area contributed by atoms with Crippen molar-refractivity contribution in [2.24, 2.45) is 5.73 Å². The third-order valence-corrected chi connectivity index (χ3v) is 3.54. The van der Waals surface area contributed by atoms with Gasteiger partial charge in [-0.1, -0.05) is 18.3 Å². The van der Waals surface area contributed by atoms with Crippen LogP contribution in [0.3, 0.4) is 0 Å². The molecule has 0 heterocycles. The van der Waals surface area contributed by atoms with Crippen LogP contribution in [-0.2, 0) is 0 Å². The molecule has 100 valence electrons. The molecule has 1 rings (SSSR count). The van der Waals surface area contributed by atoms with Crippen molar-refractivity contribution in [3.63, 3.8) is 0 Å². The molecule has 0 aromatic heterocycles. The van der Waals surface area contributed by atoms with E-state index in [-0.39, 0.29) is 0 Å². The van der Waals surface area contributed by atoms with Crippen molar-refractivity contribution in [1.29, 1.82) is 0 Å². The first-order valence-corrected chi connectivity index (χ1v) is 7.11. The second kappa shape index (κ2) is 7.07. The summed E-state index contributed by atoms with van der Waals surface area (Å²) in [6.07, 6.45) is 1.07. The molecule has 1 aromatic rings. The quantitative estimate of drug-likeness (QED) is 0.787. The minimum Gasteiger partial charge on any atom is -0.389 e. The number of rotatable bonds is 6. The van der Waals surface area contributed by atoms with Gasteiger partial charge in [-0.3, -0.25) is 0 Å².